The Morgan fingerprint density at radius 1 is 1.25 bits per heavy atom. The number of nitrogens with one attached hydrogen (secondary N) is 1. The Kier molecular flexibility index (Phi) is 5.01. The normalized spacial score (nSPS) is 9.56. The van der Waals surface area contributed by atoms with Crippen molar-refractivity contribution in [3.63, 3.8) is 0 Å². The first-order valence-corrected chi connectivity index (χ1v) is 4.87. The summed E-state index contributed by atoms with van der Waals surface area (Å²) in [6.45, 7) is 1.71. The SMILES string of the molecule is CCOC(=O)NOCC(=O)c1ccccc1. The number of Topliss-reactive ketones (excluding diaryl/α,β-unsaturated/α-hetero) is 1. The molecule has 0 bridgehead atoms. The summed E-state index contributed by atoms with van der Waals surface area (Å²) in [7, 11) is 0. The van der Waals surface area contributed by atoms with Crippen LogP contribution in [0.1, 0.15) is 17.3 Å². The molecule has 1 rings (SSSR count). The molecule has 0 atom stereocenters. The molecule has 1 amide bonds. The summed E-state index contributed by atoms with van der Waals surface area (Å²) in [6.07, 6.45) is -0.705. The van der Waals surface area contributed by atoms with E-state index in [1.54, 1.807) is 31.2 Å². The van der Waals surface area contributed by atoms with Crippen LogP contribution in [-0.2, 0) is 9.57 Å². The highest BCUT2D eigenvalue weighted by atomic mass is 16.7. The summed E-state index contributed by atoms with van der Waals surface area (Å²) in [5, 5.41) is 0. The summed E-state index contributed by atoms with van der Waals surface area (Å²) >= 11 is 0. The fraction of sp³-hybridized carbons (Fsp3) is 0.273. The standard InChI is InChI=1S/C11H13NO4/c1-2-15-11(14)12-16-8-10(13)9-6-4-3-5-7-9/h3-7H,2,8H2,1H3,(H,12,14). The average molecular weight is 223 g/mol. The number of hydroxylamine groups is 1. The van der Waals surface area contributed by atoms with E-state index in [-0.39, 0.29) is 19.0 Å². The quantitative estimate of drug-likeness (QED) is 0.607. The number of rotatable bonds is 5. The number of benzene rings is 1. The molecule has 0 heterocycles. The Balaban J connectivity index is 2.29. The van der Waals surface area contributed by atoms with Gasteiger partial charge in [0.25, 0.3) is 0 Å². The van der Waals surface area contributed by atoms with Crippen LogP contribution in [-0.4, -0.2) is 25.1 Å². The highest BCUT2D eigenvalue weighted by molar-refractivity contribution is 5.97. The van der Waals surface area contributed by atoms with Crippen LogP contribution in [0.5, 0.6) is 0 Å². The Labute approximate surface area is 93.3 Å². The predicted molar refractivity (Wildman–Crippen MR) is 56.9 cm³/mol. The second kappa shape index (κ2) is 6.58. The molecule has 0 aliphatic carbocycles. The average Bonchev–Trinajstić information content (AvgIpc) is 2.30. The maximum absolute atomic E-state index is 11.5. The highest BCUT2D eigenvalue weighted by Crippen LogP contribution is 1.99. The fourth-order valence-electron chi connectivity index (χ4n) is 1.03. The number of ketones is 1. The lowest BCUT2D eigenvalue weighted by molar-refractivity contribution is 0.0298. The molecule has 0 fully saturated rings. The predicted octanol–water partition coefficient (Wildman–Crippen LogP) is 1.55. The Morgan fingerprint density at radius 3 is 2.56 bits per heavy atom. The number of carbonyl (C=O) groups is 2. The molecule has 0 saturated carbocycles. The van der Waals surface area contributed by atoms with Crippen LogP contribution >= 0.6 is 0 Å². The molecule has 16 heavy (non-hydrogen) atoms. The third-order valence-electron chi connectivity index (χ3n) is 1.73. The number of hydrogen-bond acceptors (Lipinski definition) is 4. The maximum atomic E-state index is 11.5. The van der Waals surface area contributed by atoms with Crippen LogP contribution in [0.4, 0.5) is 4.79 Å². The van der Waals surface area contributed by atoms with Gasteiger partial charge in [-0.3, -0.25) is 9.63 Å². The van der Waals surface area contributed by atoms with Crippen molar-refractivity contribution in [3.8, 4) is 0 Å². The molecule has 0 aliphatic rings. The zero-order chi connectivity index (χ0) is 11.8. The lowest BCUT2D eigenvalue weighted by Gasteiger charge is -2.04. The van der Waals surface area contributed by atoms with Crippen LogP contribution in [0.15, 0.2) is 30.3 Å². The molecule has 5 heteroatoms. The molecule has 0 aromatic heterocycles. The molecule has 1 aromatic carbocycles. The minimum atomic E-state index is -0.705. The van der Waals surface area contributed by atoms with Gasteiger partial charge in [0.1, 0.15) is 6.61 Å². The van der Waals surface area contributed by atoms with Crippen LogP contribution in [0.3, 0.4) is 0 Å². The van der Waals surface area contributed by atoms with Gasteiger partial charge in [0, 0.05) is 5.56 Å². The summed E-state index contributed by atoms with van der Waals surface area (Å²) in [5.74, 6) is -0.211. The van der Waals surface area contributed by atoms with Crippen molar-refractivity contribution in [2.45, 2.75) is 6.92 Å². The van der Waals surface area contributed by atoms with E-state index in [0.717, 1.165) is 0 Å². The minimum Gasteiger partial charge on any atom is -0.448 e. The summed E-state index contributed by atoms with van der Waals surface area (Å²) < 4.78 is 4.54. The third kappa shape index (κ3) is 4.10. The van der Waals surface area contributed by atoms with Gasteiger partial charge < -0.3 is 4.74 Å². The van der Waals surface area contributed by atoms with Crippen LogP contribution in [0, 0.1) is 0 Å². The van der Waals surface area contributed by atoms with Gasteiger partial charge >= 0.3 is 6.09 Å². The second-order valence-corrected chi connectivity index (χ2v) is 2.90. The van der Waals surface area contributed by atoms with E-state index < -0.39 is 6.09 Å². The van der Waals surface area contributed by atoms with E-state index in [2.05, 4.69) is 4.74 Å². The first-order valence-electron chi connectivity index (χ1n) is 4.87. The Bertz CT molecular complexity index is 350. The Hall–Kier alpha value is -1.88. The van der Waals surface area contributed by atoms with E-state index in [0.29, 0.717) is 5.56 Å². The molecule has 1 N–H and O–H groups in total. The molecule has 0 saturated heterocycles. The van der Waals surface area contributed by atoms with Crippen molar-refractivity contribution in [3.05, 3.63) is 35.9 Å². The topological polar surface area (TPSA) is 64.6 Å². The molecular weight excluding hydrogens is 210 g/mol. The van der Waals surface area contributed by atoms with Crippen LogP contribution in [0.25, 0.3) is 0 Å². The van der Waals surface area contributed by atoms with Gasteiger partial charge in [-0.15, -0.1) is 0 Å². The van der Waals surface area contributed by atoms with Gasteiger partial charge in [-0.2, -0.15) is 5.48 Å². The largest absolute Gasteiger partial charge is 0.448 e. The fourth-order valence-corrected chi connectivity index (χ4v) is 1.03. The van der Waals surface area contributed by atoms with Crippen molar-refractivity contribution in [1.82, 2.24) is 5.48 Å². The minimum absolute atomic E-state index is 0.211. The number of carbonyl (C=O) groups excluding carboxylic acids is 2. The smallest absolute Gasteiger partial charge is 0.431 e. The summed E-state index contributed by atoms with van der Waals surface area (Å²) in [5.41, 5.74) is 2.54. The van der Waals surface area contributed by atoms with E-state index in [9.17, 15) is 9.59 Å². The first kappa shape index (κ1) is 12.2. The first-order chi connectivity index (χ1) is 7.74. The molecule has 0 aliphatic heterocycles. The maximum Gasteiger partial charge on any atom is 0.431 e. The zero-order valence-electron chi connectivity index (χ0n) is 8.93. The van der Waals surface area contributed by atoms with Gasteiger partial charge in [0.2, 0.25) is 0 Å². The monoisotopic (exact) mass is 223 g/mol. The molecule has 5 nitrogen and oxygen atoms in total. The number of ether oxygens (including phenoxy) is 1. The van der Waals surface area contributed by atoms with E-state index >= 15 is 0 Å². The summed E-state index contributed by atoms with van der Waals surface area (Å²) in [6, 6.07) is 8.68. The van der Waals surface area contributed by atoms with Gasteiger partial charge in [0.15, 0.2) is 5.78 Å². The van der Waals surface area contributed by atoms with E-state index in [1.165, 1.54) is 0 Å². The van der Waals surface area contributed by atoms with Crippen LogP contribution < -0.4 is 5.48 Å². The number of amides is 1. The van der Waals surface area contributed by atoms with Gasteiger partial charge in [-0.05, 0) is 6.92 Å². The lowest BCUT2D eigenvalue weighted by atomic mass is 10.1. The Morgan fingerprint density at radius 2 is 1.94 bits per heavy atom. The van der Waals surface area contributed by atoms with Crippen molar-refractivity contribution in [1.29, 1.82) is 0 Å². The summed E-state index contributed by atoms with van der Waals surface area (Å²) in [4.78, 5) is 26.9. The van der Waals surface area contributed by atoms with E-state index in [1.807, 2.05) is 11.5 Å². The highest BCUT2D eigenvalue weighted by Gasteiger charge is 2.06. The molecule has 0 unspecified atom stereocenters. The lowest BCUT2D eigenvalue weighted by Crippen LogP contribution is -2.27. The van der Waals surface area contributed by atoms with Crippen molar-refractivity contribution in [2.24, 2.45) is 0 Å². The zero-order valence-corrected chi connectivity index (χ0v) is 8.93. The molecule has 0 radical (unpaired) electrons. The van der Waals surface area contributed by atoms with Crippen LogP contribution in [0.2, 0.25) is 0 Å². The van der Waals surface area contributed by atoms with Gasteiger partial charge in [0.05, 0.1) is 6.61 Å². The van der Waals surface area contributed by atoms with Gasteiger partial charge in [-0.1, -0.05) is 30.3 Å². The number of hydrogen-bond donors (Lipinski definition) is 1. The molecule has 0 spiro atoms. The van der Waals surface area contributed by atoms with Crippen molar-refractivity contribution >= 4 is 11.9 Å². The second-order valence-electron chi connectivity index (χ2n) is 2.90. The molecule has 1 aromatic rings. The molecule has 86 valence electrons. The van der Waals surface area contributed by atoms with Crippen molar-refractivity contribution in [2.75, 3.05) is 13.2 Å². The third-order valence-corrected chi connectivity index (χ3v) is 1.73. The molecular formula is C11H13NO4. The van der Waals surface area contributed by atoms with Crippen molar-refractivity contribution < 1.29 is 19.2 Å². The van der Waals surface area contributed by atoms with Gasteiger partial charge in [-0.25, -0.2) is 4.79 Å². The van der Waals surface area contributed by atoms with E-state index in [4.69, 9.17) is 4.84 Å².